The summed E-state index contributed by atoms with van der Waals surface area (Å²) in [6.07, 6.45) is 7.30. The molecule has 1 unspecified atom stereocenters. The molecule has 2 aliphatic heterocycles. The molecule has 0 bridgehead atoms. The Labute approximate surface area is 148 Å². The Balaban J connectivity index is 1.59. The molecule has 2 rings (SSSR count). The van der Waals surface area contributed by atoms with E-state index in [1.165, 1.54) is 16.7 Å². The number of hydrogen-bond donors (Lipinski definition) is 0. The predicted octanol–water partition coefficient (Wildman–Crippen LogP) is 1.67. The first-order valence-electron chi connectivity index (χ1n) is 8.74. The highest BCUT2D eigenvalue weighted by Crippen LogP contribution is 2.23. The summed E-state index contributed by atoms with van der Waals surface area (Å²) in [5.74, 6) is 0.0985. The first-order valence-corrected chi connectivity index (χ1v) is 10.0. The number of methoxy groups -OCH3 is 1. The van der Waals surface area contributed by atoms with Gasteiger partial charge in [0.1, 0.15) is 0 Å². The lowest BCUT2D eigenvalue weighted by Gasteiger charge is -2.31. The normalized spacial score (nSPS) is 22.5. The maximum absolute atomic E-state index is 12.2. The Morgan fingerprint density at radius 1 is 1.21 bits per heavy atom. The number of nitrogens with zero attached hydrogens (tertiary/aromatic N) is 2. The number of unbranched alkanes of at least 4 members (excludes halogenated alkanes) is 2. The average molecular weight is 356 g/mol. The first-order chi connectivity index (χ1) is 11.6. The highest BCUT2D eigenvalue weighted by Gasteiger charge is 2.37. The van der Waals surface area contributed by atoms with Crippen LogP contribution in [0.1, 0.15) is 44.9 Å². The lowest BCUT2D eigenvalue weighted by atomic mass is 10.1. The van der Waals surface area contributed by atoms with Crippen molar-refractivity contribution in [1.82, 2.24) is 9.80 Å². The summed E-state index contributed by atoms with van der Waals surface area (Å²) >= 11 is 1.44. The lowest BCUT2D eigenvalue weighted by Crippen LogP contribution is -2.40. The van der Waals surface area contributed by atoms with Crippen molar-refractivity contribution in [3.8, 4) is 0 Å². The molecule has 0 aromatic carbocycles. The average Bonchev–Trinajstić information content (AvgIpc) is 2.88. The van der Waals surface area contributed by atoms with Gasteiger partial charge in [-0.25, -0.2) is 0 Å². The molecule has 24 heavy (non-hydrogen) atoms. The molecule has 2 saturated heterocycles. The Kier molecular flexibility index (Phi) is 7.55. The van der Waals surface area contributed by atoms with E-state index in [9.17, 15) is 14.4 Å². The van der Waals surface area contributed by atoms with E-state index < -0.39 is 0 Å². The van der Waals surface area contributed by atoms with Crippen LogP contribution in [0, 0.1) is 0 Å². The summed E-state index contributed by atoms with van der Waals surface area (Å²) in [6, 6.07) is 0. The molecule has 0 saturated carbocycles. The van der Waals surface area contributed by atoms with E-state index >= 15 is 0 Å². The molecule has 0 radical (unpaired) electrons. The highest BCUT2D eigenvalue weighted by molar-refractivity contribution is 8.00. The zero-order valence-electron chi connectivity index (χ0n) is 14.7. The van der Waals surface area contributed by atoms with Crippen LogP contribution in [0.2, 0.25) is 0 Å². The SMILES string of the molecule is COC1CCN(C(=O)CCCCCN2C(=O)CC(SC)C2=O)CC1. The van der Waals surface area contributed by atoms with Crippen molar-refractivity contribution in [2.24, 2.45) is 0 Å². The number of amides is 3. The number of imide groups is 1. The van der Waals surface area contributed by atoms with Gasteiger partial charge < -0.3 is 9.64 Å². The molecule has 3 amide bonds. The maximum atomic E-state index is 12.2. The van der Waals surface area contributed by atoms with Gasteiger partial charge in [0.15, 0.2) is 0 Å². The zero-order chi connectivity index (χ0) is 17.5. The van der Waals surface area contributed by atoms with Gasteiger partial charge in [-0.1, -0.05) is 6.42 Å². The smallest absolute Gasteiger partial charge is 0.242 e. The summed E-state index contributed by atoms with van der Waals surface area (Å²) in [6.45, 7) is 2.05. The fourth-order valence-electron chi connectivity index (χ4n) is 3.29. The van der Waals surface area contributed by atoms with Crippen LogP contribution in [0.4, 0.5) is 0 Å². The fourth-order valence-corrected chi connectivity index (χ4v) is 3.93. The largest absolute Gasteiger partial charge is 0.381 e. The van der Waals surface area contributed by atoms with Crippen LogP contribution in [0.3, 0.4) is 0 Å². The van der Waals surface area contributed by atoms with Crippen molar-refractivity contribution in [3.63, 3.8) is 0 Å². The Bertz CT molecular complexity index is 464. The number of rotatable bonds is 8. The molecule has 1 atom stereocenters. The van der Waals surface area contributed by atoms with Crippen LogP contribution < -0.4 is 0 Å². The second-order valence-corrected chi connectivity index (χ2v) is 7.48. The fraction of sp³-hybridized carbons (Fsp3) is 0.824. The first kappa shape index (κ1) is 19.2. The molecular weight excluding hydrogens is 328 g/mol. The summed E-state index contributed by atoms with van der Waals surface area (Å²) in [5.41, 5.74) is 0. The van der Waals surface area contributed by atoms with Gasteiger partial charge in [-0.3, -0.25) is 19.3 Å². The molecule has 6 nitrogen and oxygen atoms in total. The molecular formula is C17H28N2O4S. The molecule has 2 heterocycles. The van der Waals surface area contributed by atoms with Gasteiger partial charge >= 0.3 is 0 Å². The number of carbonyl (C=O) groups is 3. The van der Waals surface area contributed by atoms with Crippen molar-refractivity contribution in [2.75, 3.05) is 33.0 Å². The third-order valence-electron chi connectivity index (χ3n) is 4.89. The topological polar surface area (TPSA) is 66.9 Å². The van der Waals surface area contributed by atoms with Crippen LogP contribution in [0.15, 0.2) is 0 Å². The third kappa shape index (κ3) is 4.96. The summed E-state index contributed by atoms with van der Waals surface area (Å²) in [4.78, 5) is 39.3. The molecule has 136 valence electrons. The van der Waals surface area contributed by atoms with Gasteiger partial charge in [-0.15, -0.1) is 0 Å². The van der Waals surface area contributed by atoms with E-state index in [0.717, 1.165) is 45.2 Å². The minimum atomic E-state index is -0.200. The van der Waals surface area contributed by atoms with Gasteiger partial charge in [0, 0.05) is 39.6 Å². The molecule has 0 aromatic rings. The second-order valence-electron chi connectivity index (χ2n) is 6.44. The Hall–Kier alpha value is -1.08. The zero-order valence-corrected chi connectivity index (χ0v) is 15.5. The van der Waals surface area contributed by atoms with E-state index in [0.29, 0.717) is 19.4 Å². The summed E-state index contributed by atoms with van der Waals surface area (Å²) in [7, 11) is 1.72. The van der Waals surface area contributed by atoms with Crippen molar-refractivity contribution in [2.45, 2.75) is 56.3 Å². The van der Waals surface area contributed by atoms with Gasteiger partial charge in [0.2, 0.25) is 17.7 Å². The number of likely N-dealkylation sites (tertiary alicyclic amines) is 2. The second kappa shape index (κ2) is 9.42. The van der Waals surface area contributed by atoms with Gasteiger partial charge in [0.05, 0.1) is 11.4 Å². The van der Waals surface area contributed by atoms with Gasteiger partial charge in [0.25, 0.3) is 0 Å². The minimum Gasteiger partial charge on any atom is -0.381 e. The maximum Gasteiger partial charge on any atom is 0.242 e. The van der Waals surface area contributed by atoms with Gasteiger partial charge in [-0.2, -0.15) is 11.8 Å². The van der Waals surface area contributed by atoms with Crippen LogP contribution in [0.25, 0.3) is 0 Å². The molecule has 2 aliphatic rings. The van der Waals surface area contributed by atoms with E-state index in [-0.39, 0.29) is 29.1 Å². The number of ether oxygens (including phenoxy) is 1. The number of hydrogen-bond acceptors (Lipinski definition) is 5. The van der Waals surface area contributed by atoms with Crippen LogP contribution in [-0.4, -0.2) is 71.9 Å². The molecule has 2 fully saturated rings. The summed E-state index contributed by atoms with van der Waals surface area (Å²) in [5, 5.41) is -0.200. The third-order valence-corrected chi connectivity index (χ3v) is 5.82. The minimum absolute atomic E-state index is 0.0513. The van der Waals surface area contributed by atoms with Crippen LogP contribution >= 0.6 is 11.8 Å². The number of thioether (sulfide) groups is 1. The molecule has 7 heteroatoms. The van der Waals surface area contributed by atoms with Crippen molar-refractivity contribution >= 4 is 29.5 Å². The number of piperidine rings is 1. The number of carbonyl (C=O) groups excluding carboxylic acids is 3. The van der Waals surface area contributed by atoms with E-state index in [2.05, 4.69) is 0 Å². The Morgan fingerprint density at radius 2 is 1.92 bits per heavy atom. The standard InChI is InChI=1S/C17H28N2O4S/c1-23-13-7-10-18(11-8-13)15(20)6-4-3-5-9-19-16(21)12-14(24-2)17(19)22/h13-14H,3-12H2,1-2H3. The van der Waals surface area contributed by atoms with Crippen LogP contribution in [-0.2, 0) is 19.1 Å². The van der Waals surface area contributed by atoms with E-state index in [4.69, 9.17) is 4.74 Å². The molecule has 0 spiro atoms. The van der Waals surface area contributed by atoms with E-state index in [1.54, 1.807) is 7.11 Å². The predicted molar refractivity (Wildman–Crippen MR) is 93.7 cm³/mol. The molecule has 0 aliphatic carbocycles. The molecule has 0 N–H and O–H groups in total. The summed E-state index contributed by atoms with van der Waals surface area (Å²) < 4.78 is 5.31. The quantitative estimate of drug-likeness (QED) is 0.489. The monoisotopic (exact) mass is 356 g/mol. The molecule has 0 aromatic heterocycles. The van der Waals surface area contributed by atoms with Crippen LogP contribution in [0.5, 0.6) is 0 Å². The van der Waals surface area contributed by atoms with Crippen molar-refractivity contribution in [3.05, 3.63) is 0 Å². The lowest BCUT2D eigenvalue weighted by molar-refractivity contribution is -0.138. The van der Waals surface area contributed by atoms with Crippen molar-refractivity contribution < 1.29 is 19.1 Å². The highest BCUT2D eigenvalue weighted by atomic mass is 32.2. The Morgan fingerprint density at radius 3 is 2.50 bits per heavy atom. The van der Waals surface area contributed by atoms with E-state index in [1.807, 2.05) is 11.2 Å². The van der Waals surface area contributed by atoms with Gasteiger partial charge in [-0.05, 0) is 31.9 Å². The van der Waals surface area contributed by atoms with Crippen molar-refractivity contribution in [1.29, 1.82) is 0 Å².